The van der Waals surface area contributed by atoms with Crippen LogP contribution in [-0.2, 0) is 4.74 Å². The maximum atomic E-state index is 5.34. The fourth-order valence-corrected chi connectivity index (χ4v) is 3.51. The highest BCUT2D eigenvalue weighted by Gasteiger charge is 2.26. The third kappa shape index (κ3) is 3.41. The van der Waals surface area contributed by atoms with Gasteiger partial charge in [0.25, 0.3) is 0 Å². The maximum absolute atomic E-state index is 5.34. The van der Waals surface area contributed by atoms with E-state index >= 15 is 0 Å². The van der Waals surface area contributed by atoms with E-state index in [0.717, 1.165) is 47.6 Å². The second kappa shape index (κ2) is 7.40. The van der Waals surface area contributed by atoms with Crippen LogP contribution in [0.3, 0.4) is 0 Å². The van der Waals surface area contributed by atoms with Crippen LogP contribution >= 0.6 is 0 Å². The zero-order valence-corrected chi connectivity index (χ0v) is 15.2. The molecule has 26 heavy (non-hydrogen) atoms. The van der Waals surface area contributed by atoms with Crippen molar-refractivity contribution in [2.24, 2.45) is 0 Å². The summed E-state index contributed by atoms with van der Waals surface area (Å²) in [5.74, 6) is 1.80. The van der Waals surface area contributed by atoms with Crippen LogP contribution in [0.4, 0.5) is 5.82 Å². The van der Waals surface area contributed by atoms with Gasteiger partial charge in [-0.3, -0.25) is 5.32 Å². The van der Waals surface area contributed by atoms with E-state index in [1.165, 1.54) is 0 Å². The Balaban J connectivity index is 1.70. The molecule has 1 aliphatic heterocycles. The Bertz CT molecular complexity index is 884. The molecular weight excluding hydrogens is 324 g/mol. The lowest BCUT2D eigenvalue weighted by atomic mass is 10.2. The second-order valence-electron chi connectivity index (χ2n) is 6.73. The summed E-state index contributed by atoms with van der Waals surface area (Å²) in [7, 11) is 1.73. The zero-order valence-electron chi connectivity index (χ0n) is 15.2. The minimum atomic E-state index is 0.0574. The molecule has 2 aromatic carbocycles. The van der Waals surface area contributed by atoms with Gasteiger partial charge >= 0.3 is 0 Å². The van der Waals surface area contributed by atoms with Gasteiger partial charge in [-0.1, -0.05) is 42.5 Å². The maximum Gasteiger partial charge on any atom is 0.162 e. The molecule has 0 bridgehead atoms. The first-order valence-corrected chi connectivity index (χ1v) is 9.10. The van der Waals surface area contributed by atoms with Gasteiger partial charge in [0.2, 0.25) is 0 Å². The Morgan fingerprint density at radius 3 is 2.65 bits per heavy atom. The summed E-state index contributed by atoms with van der Waals surface area (Å²) in [5.41, 5.74) is 2.03. The summed E-state index contributed by atoms with van der Waals surface area (Å²) in [6.45, 7) is 3.93. The molecule has 0 radical (unpaired) electrons. The van der Waals surface area contributed by atoms with Crippen LogP contribution in [0, 0.1) is 0 Å². The summed E-state index contributed by atoms with van der Waals surface area (Å²) < 4.78 is 5.34. The highest BCUT2D eigenvalue weighted by atomic mass is 16.5. The van der Waals surface area contributed by atoms with E-state index in [4.69, 9.17) is 14.7 Å². The van der Waals surface area contributed by atoms with Crippen molar-refractivity contribution in [3.8, 4) is 11.4 Å². The van der Waals surface area contributed by atoms with Crippen LogP contribution < -0.4 is 10.2 Å². The van der Waals surface area contributed by atoms with E-state index < -0.39 is 0 Å². The molecule has 1 aliphatic rings. The van der Waals surface area contributed by atoms with Crippen LogP contribution in [0.25, 0.3) is 22.3 Å². The summed E-state index contributed by atoms with van der Waals surface area (Å²) in [6, 6.07) is 18.8. The van der Waals surface area contributed by atoms with Crippen molar-refractivity contribution in [3.05, 3.63) is 54.6 Å². The molecule has 5 heteroatoms. The average molecular weight is 348 g/mol. The lowest BCUT2D eigenvalue weighted by molar-refractivity contribution is 0.0805. The van der Waals surface area contributed by atoms with Gasteiger partial charge < -0.3 is 9.64 Å². The summed E-state index contributed by atoms with van der Waals surface area (Å²) in [4.78, 5) is 12.1. The standard InChI is InChI=1S/C21H24N4O/c1-15(26-2)22-17-12-13-25(14-17)21-18-10-6-7-11-19(18)23-20(24-21)16-8-4-3-5-9-16/h3-11,15,17,22H,12-14H2,1-2H3. The number of nitrogens with zero attached hydrogens (tertiary/aromatic N) is 3. The Morgan fingerprint density at radius 1 is 1.08 bits per heavy atom. The van der Waals surface area contributed by atoms with E-state index in [1.54, 1.807) is 7.11 Å². The number of aromatic nitrogens is 2. The highest BCUT2D eigenvalue weighted by Crippen LogP contribution is 2.29. The smallest absolute Gasteiger partial charge is 0.162 e. The topological polar surface area (TPSA) is 50.3 Å². The molecule has 0 amide bonds. The summed E-state index contributed by atoms with van der Waals surface area (Å²) in [5, 5.41) is 4.62. The van der Waals surface area contributed by atoms with Crippen LogP contribution in [-0.4, -0.2) is 42.4 Å². The van der Waals surface area contributed by atoms with Crippen molar-refractivity contribution >= 4 is 16.7 Å². The van der Waals surface area contributed by atoms with Crippen molar-refractivity contribution in [2.45, 2.75) is 25.6 Å². The SMILES string of the molecule is COC(C)NC1CCN(c2nc(-c3ccccc3)nc3ccccc23)C1. The number of para-hydroxylation sites is 1. The fraction of sp³-hybridized carbons (Fsp3) is 0.333. The monoisotopic (exact) mass is 348 g/mol. The fourth-order valence-electron chi connectivity index (χ4n) is 3.51. The van der Waals surface area contributed by atoms with Gasteiger partial charge in [0.1, 0.15) is 12.0 Å². The average Bonchev–Trinajstić information content (AvgIpc) is 3.16. The lowest BCUT2D eigenvalue weighted by Crippen LogP contribution is -2.39. The van der Waals surface area contributed by atoms with Gasteiger partial charge in [-0.25, -0.2) is 9.97 Å². The van der Waals surface area contributed by atoms with Gasteiger partial charge in [0.05, 0.1) is 5.52 Å². The predicted molar refractivity (Wildman–Crippen MR) is 105 cm³/mol. The number of benzene rings is 2. The van der Waals surface area contributed by atoms with Crippen molar-refractivity contribution < 1.29 is 4.74 Å². The molecule has 2 unspecified atom stereocenters. The van der Waals surface area contributed by atoms with E-state index in [2.05, 4.69) is 40.5 Å². The van der Waals surface area contributed by atoms with E-state index in [1.807, 2.05) is 31.2 Å². The van der Waals surface area contributed by atoms with Crippen molar-refractivity contribution in [1.29, 1.82) is 0 Å². The van der Waals surface area contributed by atoms with Crippen LogP contribution in [0.1, 0.15) is 13.3 Å². The number of methoxy groups -OCH3 is 1. The Kier molecular flexibility index (Phi) is 4.82. The van der Waals surface area contributed by atoms with Crippen LogP contribution in [0.2, 0.25) is 0 Å². The molecule has 0 spiro atoms. The molecule has 1 fully saturated rings. The zero-order chi connectivity index (χ0) is 17.9. The second-order valence-corrected chi connectivity index (χ2v) is 6.73. The highest BCUT2D eigenvalue weighted by molar-refractivity contribution is 5.91. The van der Waals surface area contributed by atoms with Crippen LogP contribution in [0.5, 0.6) is 0 Å². The minimum absolute atomic E-state index is 0.0574. The summed E-state index contributed by atoms with van der Waals surface area (Å²) >= 11 is 0. The summed E-state index contributed by atoms with van der Waals surface area (Å²) in [6.07, 6.45) is 1.13. The van der Waals surface area contributed by atoms with Crippen LogP contribution in [0.15, 0.2) is 54.6 Å². The third-order valence-electron chi connectivity index (χ3n) is 4.93. The number of nitrogens with one attached hydrogen (secondary N) is 1. The Morgan fingerprint density at radius 2 is 1.85 bits per heavy atom. The van der Waals surface area contributed by atoms with E-state index in [-0.39, 0.29) is 6.23 Å². The first kappa shape index (κ1) is 16.9. The van der Waals surface area contributed by atoms with E-state index in [9.17, 15) is 0 Å². The number of rotatable bonds is 5. The molecule has 5 nitrogen and oxygen atoms in total. The van der Waals surface area contributed by atoms with Crippen molar-refractivity contribution in [2.75, 3.05) is 25.1 Å². The molecule has 3 aromatic rings. The quantitative estimate of drug-likeness (QED) is 0.716. The molecule has 1 N–H and O–H groups in total. The van der Waals surface area contributed by atoms with Gasteiger partial charge in [-0.15, -0.1) is 0 Å². The number of fused-ring (bicyclic) bond motifs is 1. The van der Waals surface area contributed by atoms with Gasteiger partial charge in [-0.2, -0.15) is 0 Å². The molecule has 0 saturated carbocycles. The van der Waals surface area contributed by atoms with Crippen molar-refractivity contribution in [1.82, 2.24) is 15.3 Å². The molecule has 1 aromatic heterocycles. The number of hydrogen-bond acceptors (Lipinski definition) is 5. The van der Waals surface area contributed by atoms with Crippen molar-refractivity contribution in [3.63, 3.8) is 0 Å². The van der Waals surface area contributed by atoms with E-state index in [0.29, 0.717) is 6.04 Å². The first-order valence-electron chi connectivity index (χ1n) is 9.10. The number of ether oxygens (including phenoxy) is 1. The molecule has 1 saturated heterocycles. The first-order chi connectivity index (χ1) is 12.7. The largest absolute Gasteiger partial charge is 0.367 e. The Labute approximate surface area is 154 Å². The normalized spacial score (nSPS) is 18.4. The molecule has 4 rings (SSSR count). The third-order valence-corrected chi connectivity index (χ3v) is 4.93. The van der Waals surface area contributed by atoms with Gasteiger partial charge in [0, 0.05) is 37.2 Å². The predicted octanol–water partition coefficient (Wildman–Crippen LogP) is 3.46. The molecule has 2 atom stereocenters. The number of anilines is 1. The minimum Gasteiger partial charge on any atom is -0.367 e. The Hall–Kier alpha value is -2.50. The van der Waals surface area contributed by atoms with Gasteiger partial charge in [0.15, 0.2) is 5.82 Å². The number of hydrogen-bond donors (Lipinski definition) is 1. The van der Waals surface area contributed by atoms with Gasteiger partial charge in [-0.05, 0) is 25.5 Å². The molecular formula is C21H24N4O. The molecule has 2 heterocycles. The lowest BCUT2D eigenvalue weighted by Gasteiger charge is -2.22. The molecule has 0 aliphatic carbocycles. The molecule has 134 valence electrons.